The minimum atomic E-state index is -0.359. The Morgan fingerprint density at radius 3 is 2.75 bits per heavy atom. The quantitative estimate of drug-likeness (QED) is 0.875. The summed E-state index contributed by atoms with van der Waals surface area (Å²) in [5.74, 6) is 0.231. The molecule has 0 atom stereocenters. The van der Waals surface area contributed by atoms with E-state index in [2.05, 4.69) is 5.32 Å². The second-order valence-corrected chi connectivity index (χ2v) is 4.81. The molecule has 0 aliphatic carbocycles. The highest BCUT2D eigenvalue weighted by Crippen LogP contribution is 2.28. The first kappa shape index (κ1) is 14.8. The molecule has 0 aliphatic rings. The number of anilines is 1. The van der Waals surface area contributed by atoms with E-state index in [1.807, 2.05) is 6.92 Å². The van der Waals surface area contributed by atoms with E-state index >= 15 is 0 Å². The largest absolute Gasteiger partial charge is 0.492 e. The van der Waals surface area contributed by atoms with Gasteiger partial charge in [-0.2, -0.15) is 0 Å². The van der Waals surface area contributed by atoms with Crippen molar-refractivity contribution in [3.63, 3.8) is 0 Å². The van der Waals surface area contributed by atoms with Crippen LogP contribution in [0, 0.1) is 0 Å². The Morgan fingerprint density at radius 1 is 1.35 bits per heavy atom. The molecule has 0 saturated heterocycles. The minimum Gasteiger partial charge on any atom is -0.492 e. The van der Waals surface area contributed by atoms with Crippen LogP contribution in [-0.4, -0.2) is 12.5 Å². The van der Waals surface area contributed by atoms with Crippen LogP contribution in [0.5, 0.6) is 5.75 Å². The van der Waals surface area contributed by atoms with Crippen molar-refractivity contribution in [2.75, 3.05) is 11.9 Å². The van der Waals surface area contributed by atoms with Gasteiger partial charge in [0.05, 0.1) is 23.5 Å². The number of amides is 1. The molecule has 1 heterocycles. The van der Waals surface area contributed by atoms with Gasteiger partial charge in [-0.25, -0.2) is 0 Å². The monoisotopic (exact) mass is 313 g/mol. The zero-order chi connectivity index (χ0) is 14.5. The van der Waals surface area contributed by atoms with Crippen LogP contribution in [0.15, 0.2) is 34.9 Å². The normalized spacial score (nSPS) is 10.3. The van der Waals surface area contributed by atoms with Gasteiger partial charge >= 0.3 is 0 Å². The maximum atomic E-state index is 11.9. The van der Waals surface area contributed by atoms with Gasteiger partial charge < -0.3 is 14.5 Å². The lowest BCUT2D eigenvalue weighted by molar-refractivity contribution is 0.102. The van der Waals surface area contributed by atoms with Crippen LogP contribution in [0.2, 0.25) is 10.2 Å². The molecule has 1 aromatic carbocycles. The molecule has 6 heteroatoms. The first-order valence-corrected chi connectivity index (χ1v) is 6.84. The molecule has 0 unspecified atom stereocenters. The summed E-state index contributed by atoms with van der Waals surface area (Å²) in [6, 6.07) is 6.55. The predicted molar refractivity (Wildman–Crippen MR) is 78.9 cm³/mol. The van der Waals surface area contributed by atoms with Gasteiger partial charge in [0.2, 0.25) is 5.22 Å². The number of ether oxygens (including phenoxy) is 1. The van der Waals surface area contributed by atoms with Crippen molar-refractivity contribution in [2.45, 2.75) is 13.3 Å². The van der Waals surface area contributed by atoms with Crippen molar-refractivity contribution in [3.8, 4) is 5.75 Å². The summed E-state index contributed by atoms with van der Waals surface area (Å²) in [7, 11) is 0. The van der Waals surface area contributed by atoms with Crippen LogP contribution in [0.25, 0.3) is 0 Å². The first-order chi connectivity index (χ1) is 9.61. The Bertz CT molecular complexity index is 610. The summed E-state index contributed by atoms with van der Waals surface area (Å²) in [4.78, 5) is 11.9. The fraction of sp³-hybridized carbons (Fsp3) is 0.214. The molecule has 0 bridgehead atoms. The van der Waals surface area contributed by atoms with Crippen molar-refractivity contribution in [2.24, 2.45) is 0 Å². The maximum Gasteiger partial charge on any atom is 0.260 e. The summed E-state index contributed by atoms with van der Waals surface area (Å²) >= 11 is 11.8. The van der Waals surface area contributed by atoms with Gasteiger partial charge in [-0.05, 0) is 42.3 Å². The van der Waals surface area contributed by atoms with E-state index in [9.17, 15) is 4.79 Å². The van der Waals surface area contributed by atoms with Gasteiger partial charge in [0.1, 0.15) is 5.75 Å². The highest BCUT2D eigenvalue weighted by Gasteiger charge is 2.13. The first-order valence-electron chi connectivity index (χ1n) is 6.08. The van der Waals surface area contributed by atoms with E-state index in [-0.39, 0.29) is 16.7 Å². The van der Waals surface area contributed by atoms with Gasteiger partial charge in [0.15, 0.2) is 0 Å². The van der Waals surface area contributed by atoms with Gasteiger partial charge in [-0.1, -0.05) is 18.5 Å². The second-order valence-electron chi connectivity index (χ2n) is 4.06. The second kappa shape index (κ2) is 6.68. The number of benzene rings is 1. The highest BCUT2D eigenvalue weighted by molar-refractivity contribution is 6.33. The summed E-state index contributed by atoms with van der Waals surface area (Å²) < 4.78 is 10.3. The van der Waals surface area contributed by atoms with Crippen molar-refractivity contribution < 1.29 is 13.9 Å². The fourth-order valence-electron chi connectivity index (χ4n) is 1.56. The molecule has 4 nitrogen and oxygen atoms in total. The van der Waals surface area contributed by atoms with E-state index in [0.717, 1.165) is 6.42 Å². The molecule has 1 N–H and O–H groups in total. The van der Waals surface area contributed by atoms with E-state index in [0.29, 0.717) is 23.1 Å². The number of nitrogens with one attached hydrogen (secondary N) is 1. The number of rotatable bonds is 5. The topological polar surface area (TPSA) is 51.5 Å². The highest BCUT2D eigenvalue weighted by atomic mass is 35.5. The average Bonchev–Trinajstić information content (AvgIpc) is 2.84. The van der Waals surface area contributed by atoms with Crippen LogP contribution in [0.4, 0.5) is 5.69 Å². The molecule has 106 valence electrons. The SMILES string of the molecule is CCCOc1ccc(NC(=O)c2ccoc2Cl)cc1Cl. The summed E-state index contributed by atoms with van der Waals surface area (Å²) in [6.07, 6.45) is 2.25. The molecule has 1 aromatic heterocycles. The number of hydrogen-bond acceptors (Lipinski definition) is 3. The zero-order valence-electron chi connectivity index (χ0n) is 10.8. The third kappa shape index (κ3) is 3.46. The predicted octanol–water partition coefficient (Wildman–Crippen LogP) is 4.63. The molecule has 0 saturated carbocycles. The zero-order valence-corrected chi connectivity index (χ0v) is 12.3. The van der Waals surface area contributed by atoms with Crippen molar-refractivity contribution in [3.05, 3.63) is 46.3 Å². The van der Waals surface area contributed by atoms with Crippen LogP contribution in [-0.2, 0) is 0 Å². The number of carbonyl (C=O) groups is 1. The van der Waals surface area contributed by atoms with E-state index in [4.69, 9.17) is 32.4 Å². The number of halogens is 2. The van der Waals surface area contributed by atoms with Crippen molar-refractivity contribution in [1.82, 2.24) is 0 Å². The molecule has 1 amide bonds. The molecule has 0 radical (unpaired) electrons. The van der Waals surface area contributed by atoms with E-state index in [1.54, 1.807) is 18.2 Å². The van der Waals surface area contributed by atoms with Gasteiger partial charge in [0.25, 0.3) is 5.91 Å². The lowest BCUT2D eigenvalue weighted by atomic mass is 10.2. The van der Waals surface area contributed by atoms with Gasteiger partial charge in [-0.3, -0.25) is 4.79 Å². The Kier molecular flexibility index (Phi) is 4.93. The molecule has 0 aliphatic heterocycles. The number of carbonyl (C=O) groups excluding carboxylic acids is 1. The summed E-state index contributed by atoms with van der Waals surface area (Å²) in [6.45, 7) is 2.60. The number of furan rings is 1. The average molecular weight is 314 g/mol. The van der Waals surface area contributed by atoms with Crippen LogP contribution in [0.1, 0.15) is 23.7 Å². The van der Waals surface area contributed by atoms with Crippen LogP contribution < -0.4 is 10.1 Å². The molecule has 0 fully saturated rings. The van der Waals surface area contributed by atoms with Gasteiger partial charge in [-0.15, -0.1) is 0 Å². The lowest BCUT2D eigenvalue weighted by Gasteiger charge is -2.09. The molecule has 0 spiro atoms. The van der Waals surface area contributed by atoms with Crippen LogP contribution >= 0.6 is 23.2 Å². The molecular weight excluding hydrogens is 301 g/mol. The van der Waals surface area contributed by atoms with E-state index < -0.39 is 0 Å². The fourth-order valence-corrected chi connectivity index (χ4v) is 2.00. The molecule has 2 rings (SSSR count). The Hall–Kier alpha value is -1.65. The Morgan fingerprint density at radius 2 is 2.15 bits per heavy atom. The molecule has 2 aromatic rings. The maximum absolute atomic E-state index is 11.9. The third-order valence-electron chi connectivity index (χ3n) is 2.51. The lowest BCUT2D eigenvalue weighted by Crippen LogP contribution is -2.11. The van der Waals surface area contributed by atoms with Crippen LogP contribution in [0.3, 0.4) is 0 Å². The standard InChI is InChI=1S/C14H13Cl2NO3/c1-2-6-19-12-4-3-9(8-11(12)15)17-14(18)10-5-7-20-13(10)16/h3-5,7-8H,2,6H2,1H3,(H,17,18). The van der Waals surface area contributed by atoms with Crippen molar-refractivity contribution in [1.29, 1.82) is 0 Å². The smallest absolute Gasteiger partial charge is 0.260 e. The third-order valence-corrected chi connectivity index (χ3v) is 3.10. The number of hydrogen-bond donors (Lipinski definition) is 1. The van der Waals surface area contributed by atoms with Crippen molar-refractivity contribution >= 4 is 34.8 Å². The summed E-state index contributed by atoms with van der Waals surface area (Å²) in [5.41, 5.74) is 0.829. The Balaban J connectivity index is 2.09. The molecular formula is C14H13Cl2NO3. The minimum absolute atomic E-state index is 0.0523. The van der Waals surface area contributed by atoms with Gasteiger partial charge in [0, 0.05) is 5.69 Å². The summed E-state index contributed by atoms with van der Waals surface area (Å²) in [5, 5.41) is 3.18. The molecule has 20 heavy (non-hydrogen) atoms. The van der Waals surface area contributed by atoms with E-state index in [1.165, 1.54) is 12.3 Å². The Labute approximate surface area is 126 Å².